The highest BCUT2D eigenvalue weighted by molar-refractivity contribution is 5.75. The molecule has 2 aromatic rings. The first kappa shape index (κ1) is 11.6. The number of benzene rings is 1. The molecule has 0 amide bonds. The van der Waals surface area contributed by atoms with Crippen LogP contribution in [-0.4, -0.2) is 35.8 Å². The van der Waals surface area contributed by atoms with Crippen molar-refractivity contribution in [3.63, 3.8) is 0 Å². The molecule has 2 N–H and O–H groups in total. The number of imidazole rings is 1. The van der Waals surface area contributed by atoms with E-state index in [-0.39, 0.29) is 11.6 Å². The molecule has 0 spiro atoms. The molecular weight excluding hydrogens is 240 g/mol. The van der Waals surface area contributed by atoms with Gasteiger partial charge in [-0.3, -0.25) is 0 Å². The van der Waals surface area contributed by atoms with Crippen molar-refractivity contribution >= 4 is 11.0 Å². The summed E-state index contributed by atoms with van der Waals surface area (Å²) in [5.74, 6) is -0.604. The van der Waals surface area contributed by atoms with Crippen molar-refractivity contribution < 1.29 is 13.5 Å². The molecule has 0 bridgehead atoms. The normalized spacial score (nSPS) is 20.4. The van der Waals surface area contributed by atoms with E-state index in [0.29, 0.717) is 31.0 Å². The second-order valence-electron chi connectivity index (χ2n) is 4.40. The van der Waals surface area contributed by atoms with E-state index < -0.39 is 11.6 Å². The molecule has 1 aromatic carbocycles. The van der Waals surface area contributed by atoms with Crippen molar-refractivity contribution in [3.8, 4) is 0 Å². The predicted octanol–water partition coefficient (Wildman–Crippen LogP) is 1.37. The first-order valence-electron chi connectivity index (χ1n) is 5.87. The van der Waals surface area contributed by atoms with Crippen molar-refractivity contribution in [3.05, 3.63) is 29.6 Å². The van der Waals surface area contributed by atoms with Gasteiger partial charge in [-0.15, -0.1) is 0 Å². The summed E-state index contributed by atoms with van der Waals surface area (Å²) in [7, 11) is 0. The second-order valence-corrected chi connectivity index (χ2v) is 4.40. The molecule has 4 nitrogen and oxygen atoms in total. The number of nitrogens with one attached hydrogen (secondary N) is 2. The Morgan fingerprint density at radius 3 is 3.06 bits per heavy atom. The number of morpholine rings is 1. The number of fused-ring (bicyclic) bond motifs is 1. The molecule has 1 aliphatic heterocycles. The van der Waals surface area contributed by atoms with E-state index in [1.165, 1.54) is 6.07 Å². The number of hydrogen-bond donors (Lipinski definition) is 2. The smallest absolute Gasteiger partial charge is 0.153 e. The summed E-state index contributed by atoms with van der Waals surface area (Å²) in [6, 6.07) is 2.25. The van der Waals surface area contributed by atoms with Crippen molar-refractivity contribution in [1.82, 2.24) is 15.3 Å². The third-order valence-electron chi connectivity index (χ3n) is 2.99. The Morgan fingerprint density at radius 1 is 1.39 bits per heavy atom. The molecule has 1 aromatic heterocycles. The van der Waals surface area contributed by atoms with E-state index in [1.54, 1.807) is 0 Å². The van der Waals surface area contributed by atoms with E-state index in [2.05, 4.69) is 15.3 Å². The zero-order chi connectivity index (χ0) is 12.5. The van der Waals surface area contributed by atoms with Crippen LogP contribution in [0.3, 0.4) is 0 Å². The van der Waals surface area contributed by atoms with Crippen LogP contribution in [0.25, 0.3) is 11.0 Å². The summed E-state index contributed by atoms with van der Waals surface area (Å²) in [4.78, 5) is 7.09. The van der Waals surface area contributed by atoms with E-state index >= 15 is 0 Å². The number of hydrogen-bond acceptors (Lipinski definition) is 3. The highest BCUT2D eigenvalue weighted by Crippen LogP contribution is 2.18. The summed E-state index contributed by atoms with van der Waals surface area (Å²) in [6.45, 7) is 2.11. The minimum atomic E-state index is -0.639. The Hall–Kier alpha value is -1.53. The van der Waals surface area contributed by atoms with Crippen LogP contribution in [0.4, 0.5) is 8.78 Å². The van der Waals surface area contributed by atoms with E-state index in [1.807, 2.05) is 0 Å². The van der Waals surface area contributed by atoms with Gasteiger partial charge in [0, 0.05) is 25.1 Å². The summed E-state index contributed by atoms with van der Waals surface area (Å²) < 4.78 is 31.9. The Bertz CT molecular complexity index is 564. The molecule has 3 rings (SSSR count). The number of halogens is 2. The molecule has 18 heavy (non-hydrogen) atoms. The highest BCUT2D eigenvalue weighted by Gasteiger charge is 2.16. The van der Waals surface area contributed by atoms with Crippen LogP contribution in [-0.2, 0) is 11.2 Å². The highest BCUT2D eigenvalue weighted by atomic mass is 19.1. The van der Waals surface area contributed by atoms with Crippen LogP contribution in [0.1, 0.15) is 5.82 Å². The number of ether oxygens (including phenoxy) is 1. The molecule has 0 radical (unpaired) electrons. The Kier molecular flexibility index (Phi) is 2.97. The maximum Gasteiger partial charge on any atom is 0.153 e. The lowest BCUT2D eigenvalue weighted by atomic mass is 10.2. The van der Waals surface area contributed by atoms with Gasteiger partial charge in [-0.2, -0.15) is 0 Å². The van der Waals surface area contributed by atoms with Gasteiger partial charge in [0.2, 0.25) is 0 Å². The maximum absolute atomic E-state index is 13.5. The van der Waals surface area contributed by atoms with Gasteiger partial charge < -0.3 is 15.0 Å². The summed E-state index contributed by atoms with van der Waals surface area (Å²) in [5.41, 5.74) is 0.572. The average molecular weight is 253 g/mol. The van der Waals surface area contributed by atoms with Crippen molar-refractivity contribution in [2.24, 2.45) is 0 Å². The van der Waals surface area contributed by atoms with Gasteiger partial charge in [0.1, 0.15) is 17.2 Å². The summed E-state index contributed by atoms with van der Waals surface area (Å²) >= 11 is 0. The molecular formula is C12H13F2N3O. The van der Waals surface area contributed by atoms with Crippen LogP contribution in [0, 0.1) is 11.6 Å². The third kappa shape index (κ3) is 2.21. The summed E-state index contributed by atoms with van der Waals surface area (Å²) in [5, 5.41) is 3.29. The van der Waals surface area contributed by atoms with Crippen LogP contribution in [0.2, 0.25) is 0 Å². The van der Waals surface area contributed by atoms with Gasteiger partial charge in [0.05, 0.1) is 18.7 Å². The van der Waals surface area contributed by atoms with Gasteiger partial charge in [0.15, 0.2) is 5.82 Å². The second kappa shape index (κ2) is 4.62. The first-order valence-corrected chi connectivity index (χ1v) is 5.87. The van der Waals surface area contributed by atoms with E-state index in [4.69, 9.17) is 4.74 Å². The first-order chi connectivity index (χ1) is 8.72. The number of H-pyrrole nitrogens is 1. The van der Waals surface area contributed by atoms with Crippen molar-refractivity contribution in [2.45, 2.75) is 12.5 Å². The molecule has 2 heterocycles. The Morgan fingerprint density at radius 2 is 2.28 bits per heavy atom. The van der Waals surface area contributed by atoms with Gasteiger partial charge in [-0.25, -0.2) is 13.8 Å². The number of aromatic nitrogens is 2. The van der Waals surface area contributed by atoms with Gasteiger partial charge in [-0.05, 0) is 6.07 Å². The molecule has 1 aliphatic rings. The topological polar surface area (TPSA) is 49.9 Å². The fourth-order valence-electron chi connectivity index (χ4n) is 2.17. The fraction of sp³-hybridized carbons (Fsp3) is 0.417. The molecule has 0 saturated carbocycles. The van der Waals surface area contributed by atoms with Crippen LogP contribution >= 0.6 is 0 Å². The van der Waals surface area contributed by atoms with E-state index in [9.17, 15) is 8.78 Å². The van der Waals surface area contributed by atoms with Crippen molar-refractivity contribution in [1.29, 1.82) is 0 Å². The predicted molar refractivity (Wildman–Crippen MR) is 62.3 cm³/mol. The molecule has 0 aliphatic carbocycles. The summed E-state index contributed by atoms with van der Waals surface area (Å²) in [6.07, 6.45) is 0.607. The van der Waals surface area contributed by atoms with Crippen LogP contribution < -0.4 is 5.32 Å². The SMILES string of the molecule is Fc1cc(F)c2nc(CC3COCCN3)[nH]c2c1. The van der Waals surface area contributed by atoms with Crippen LogP contribution in [0.5, 0.6) is 0 Å². The van der Waals surface area contributed by atoms with Gasteiger partial charge in [0.25, 0.3) is 0 Å². The molecule has 1 unspecified atom stereocenters. The Balaban J connectivity index is 1.86. The van der Waals surface area contributed by atoms with E-state index in [0.717, 1.165) is 12.6 Å². The quantitative estimate of drug-likeness (QED) is 0.850. The standard InChI is InChI=1S/C12H13F2N3O/c13-7-3-9(14)12-10(4-7)16-11(17-12)5-8-6-18-2-1-15-8/h3-4,8,15H,1-2,5-6H2,(H,16,17). The minimum Gasteiger partial charge on any atom is -0.379 e. The average Bonchev–Trinajstić information content (AvgIpc) is 2.73. The molecule has 96 valence electrons. The zero-order valence-electron chi connectivity index (χ0n) is 9.67. The third-order valence-corrected chi connectivity index (χ3v) is 2.99. The van der Waals surface area contributed by atoms with Gasteiger partial charge >= 0.3 is 0 Å². The minimum absolute atomic E-state index is 0.159. The van der Waals surface area contributed by atoms with Crippen molar-refractivity contribution in [2.75, 3.05) is 19.8 Å². The lowest BCUT2D eigenvalue weighted by Crippen LogP contribution is -2.42. The molecule has 1 saturated heterocycles. The van der Waals surface area contributed by atoms with Gasteiger partial charge in [-0.1, -0.05) is 0 Å². The molecule has 1 atom stereocenters. The molecule has 1 fully saturated rings. The monoisotopic (exact) mass is 253 g/mol. The van der Waals surface area contributed by atoms with Crippen LogP contribution in [0.15, 0.2) is 12.1 Å². The number of rotatable bonds is 2. The zero-order valence-corrected chi connectivity index (χ0v) is 9.67. The number of aromatic amines is 1. The lowest BCUT2D eigenvalue weighted by Gasteiger charge is -2.22. The maximum atomic E-state index is 13.5. The molecule has 6 heteroatoms. The fourth-order valence-corrected chi connectivity index (χ4v) is 2.17. The number of nitrogens with zero attached hydrogens (tertiary/aromatic N) is 1. The Labute approximate surface area is 102 Å². The lowest BCUT2D eigenvalue weighted by molar-refractivity contribution is 0.0765. The largest absolute Gasteiger partial charge is 0.379 e.